The third kappa shape index (κ3) is 4.04. The Morgan fingerprint density at radius 1 is 1.35 bits per heavy atom. The molecule has 0 saturated heterocycles. The smallest absolute Gasteiger partial charge is 0.335 e. The van der Waals surface area contributed by atoms with Crippen LogP contribution in [-0.2, 0) is 6.54 Å². The molecule has 0 atom stereocenters. The predicted molar refractivity (Wildman–Crippen MR) is 79.1 cm³/mol. The number of urea groups is 1. The van der Waals surface area contributed by atoms with Gasteiger partial charge in [-0.15, -0.1) is 11.3 Å². The Hall–Kier alpha value is -1.93. The van der Waals surface area contributed by atoms with E-state index in [2.05, 4.69) is 31.5 Å². The van der Waals surface area contributed by atoms with E-state index in [9.17, 15) is 9.59 Å². The Kier molecular flexibility index (Phi) is 4.70. The number of thiazole rings is 1. The molecule has 1 heterocycles. The summed E-state index contributed by atoms with van der Waals surface area (Å²) in [5, 5.41) is 14.2. The van der Waals surface area contributed by atoms with Gasteiger partial charge in [-0.3, -0.25) is 4.98 Å². The molecule has 0 radical (unpaired) electrons. The number of carboxylic acids is 1. The van der Waals surface area contributed by atoms with Gasteiger partial charge in [-0.05, 0) is 18.2 Å². The third-order valence-corrected chi connectivity index (χ3v) is 3.55. The van der Waals surface area contributed by atoms with Crippen LogP contribution in [0.3, 0.4) is 0 Å². The number of carbonyl (C=O) groups excluding carboxylic acids is 1. The highest BCUT2D eigenvalue weighted by Gasteiger charge is 2.08. The summed E-state index contributed by atoms with van der Waals surface area (Å²) in [6.07, 6.45) is 1.67. The molecule has 104 valence electrons. The van der Waals surface area contributed by atoms with E-state index in [1.807, 2.05) is 0 Å². The Labute approximate surface area is 127 Å². The molecule has 0 saturated carbocycles. The summed E-state index contributed by atoms with van der Waals surface area (Å²) >= 11 is 4.64. The molecule has 2 amide bonds. The second-order valence-corrected chi connectivity index (χ2v) is 5.70. The van der Waals surface area contributed by atoms with Crippen molar-refractivity contribution in [3.05, 3.63) is 44.8 Å². The van der Waals surface area contributed by atoms with E-state index in [0.29, 0.717) is 16.7 Å². The van der Waals surface area contributed by atoms with E-state index >= 15 is 0 Å². The highest BCUT2D eigenvalue weighted by atomic mass is 79.9. The number of rotatable bonds is 4. The fraction of sp³-hybridized carbons (Fsp3) is 0.0833. The SMILES string of the molecule is O=C(NCc1cncs1)Nc1cc(Br)cc(C(=O)O)c1. The van der Waals surface area contributed by atoms with Crippen LogP contribution in [0.15, 0.2) is 34.4 Å². The highest BCUT2D eigenvalue weighted by Crippen LogP contribution is 2.19. The van der Waals surface area contributed by atoms with Crippen molar-refractivity contribution in [2.75, 3.05) is 5.32 Å². The Balaban J connectivity index is 1.98. The van der Waals surface area contributed by atoms with Crippen LogP contribution in [0, 0.1) is 0 Å². The summed E-state index contributed by atoms with van der Waals surface area (Å²) in [4.78, 5) is 27.5. The van der Waals surface area contributed by atoms with Gasteiger partial charge in [0.05, 0.1) is 17.6 Å². The first-order chi connectivity index (χ1) is 9.54. The average Bonchev–Trinajstić information content (AvgIpc) is 2.88. The normalized spacial score (nSPS) is 10.1. The lowest BCUT2D eigenvalue weighted by Crippen LogP contribution is -2.27. The molecule has 0 fully saturated rings. The maximum absolute atomic E-state index is 11.7. The zero-order valence-electron chi connectivity index (χ0n) is 10.1. The van der Waals surface area contributed by atoms with Crippen LogP contribution >= 0.6 is 27.3 Å². The largest absolute Gasteiger partial charge is 0.478 e. The number of nitrogens with one attached hydrogen (secondary N) is 2. The van der Waals surface area contributed by atoms with Crippen molar-refractivity contribution in [1.29, 1.82) is 0 Å². The van der Waals surface area contributed by atoms with Gasteiger partial charge in [0.15, 0.2) is 0 Å². The average molecular weight is 356 g/mol. The lowest BCUT2D eigenvalue weighted by Gasteiger charge is -2.08. The van der Waals surface area contributed by atoms with Gasteiger partial charge in [0, 0.05) is 21.2 Å². The maximum Gasteiger partial charge on any atom is 0.335 e. The number of anilines is 1. The molecular weight excluding hydrogens is 346 g/mol. The molecule has 20 heavy (non-hydrogen) atoms. The van der Waals surface area contributed by atoms with Crippen molar-refractivity contribution >= 4 is 45.0 Å². The number of benzene rings is 1. The number of halogens is 1. The van der Waals surface area contributed by atoms with E-state index in [0.717, 1.165) is 4.88 Å². The zero-order valence-corrected chi connectivity index (χ0v) is 12.5. The first kappa shape index (κ1) is 14.5. The molecule has 8 heteroatoms. The van der Waals surface area contributed by atoms with Gasteiger partial charge in [0.25, 0.3) is 0 Å². The Morgan fingerprint density at radius 2 is 2.15 bits per heavy atom. The lowest BCUT2D eigenvalue weighted by molar-refractivity contribution is 0.0697. The van der Waals surface area contributed by atoms with Gasteiger partial charge in [-0.25, -0.2) is 9.59 Å². The van der Waals surface area contributed by atoms with E-state index in [1.165, 1.54) is 23.5 Å². The van der Waals surface area contributed by atoms with Gasteiger partial charge in [0.2, 0.25) is 0 Å². The number of nitrogens with zero attached hydrogens (tertiary/aromatic N) is 1. The van der Waals surface area contributed by atoms with Crippen LogP contribution in [-0.4, -0.2) is 22.1 Å². The molecule has 1 aromatic heterocycles. The molecule has 0 aliphatic rings. The second-order valence-electron chi connectivity index (χ2n) is 3.81. The lowest BCUT2D eigenvalue weighted by atomic mass is 10.2. The molecule has 0 bridgehead atoms. The standard InChI is InChI=1S/C12H10BrN3O3S/c13-8-1-7(11(17)18)2-9(3-8)16-12(19)15-5-10-4-14-6-20-10/h1-4,6H,5H2,(H,17,18)(H2,15,16,19). The minimum atomic E-state index is -1.06. The van der Waals surface area contributed by atoms with Crippen molar-refractivity contribution in [3.8, 4) is 0 Å². The zero-order chi connectivity index (χ0) is 14.5. The van der Waals surface area contributed by atoms with Crippen molar-refractivity contribution in [3.63, 3.8) is 0 Å². The first-order valence-electron chi connectivity index (χ1n) is 5.50. The third-order valence-electron chi connectivity index (χ3n) is 2.31. The summed E-state index contributed by atoms with van der Waals surface area (Å²) in [6, 6.07) is 4.06. The molecular formula is C12H10BrN3O3S. The van der Waals surface area contributed by atoms with Gasteiger partial charge < -0.3 is 15.7 Å². The van der Waals surface area contributed by atoms with Crippen LogP contribution < -0.4 is 10.6 Å². The van der Waals surface area contributed by atoms with Crippen LogP contribution in [0.25, 0.3) is 0 Å². The van der Waals surface area contributed by atoms with Gasteiger partial charge in [0.1, 0.15) is 0 Å². The maximum atomic E-state index is 11.7. The second kappa shape index (κ2) is 6.49. The van der Waals surface area contributed by atoms with Crippen molar-refractivity contribution in [1.82, 2.24) is 10.3 Å². The Bertz CT molecular complexity index is 631. The fourth-order valence-electron chi connectivity index (χ4n) is 1.46. The topological polar surface area (TPSA) is 91.3 Å². The molecule has 2 rings (SSSR count). The van der Waals surface area contributed by atoms with Crippen molar-refractivity contribution in [2.24, 2.45) is 0 Å². The van der Waals surface area contributed by atoms with Crippen molar-refractivity contribution in [2.45, 2.75) is 6.54 Å². The summed E-state index contributed by atoms with van der Waals surface area (Å²) in [6.45, 7) is 0.371. The molecule has 0 aliphatic heterocycles. The number of amides is 2. The molecule has 2 aromatic rings. The molecule has 6 nitrogen and oxygen atoms in total. The molecule has 3 N–H and O–H groups in total. The minimum Gasteiger partial charge on any atom is -0.478 e. The summed E-state index contributed by atoms with van der Waals surface area (Å²) < 4.78 is 0.579. The number of aromatic carboxylic acids is 1. The van der Waals surface area contributed by atoms with Crippen molar-refractivity contribution < 1.29 is 14.7 Å². The van der Waals surface area contributed by atoms with E-state index in [1.54, 1.807) is 17.8 Å². The molecule has 0 unspecified atom stereocenters. The van der Waals surface area contributed by atoms with Crippen LogP contribution in [0.4, 0.5) is 10.5 Å². The van der Waals surface area contributed by atoms with E-state index in [4.69, 9.17) is 5.11 Å². The monoisotopic (exact) mass is 355 g/mol. The van der Waals surface area contributed by atoms with Gasteiger partial charge >= 0.3 is 12.0 Å². The van der Waals surface area contributed by atoms with Gasteiger partial charge in [-0.2, -0.15) is 0 Å². The number of hydrogen-bond donors (Lipinski definition) is 3. The van der Waals surface area contributed by atoms with Crippen LogP contribution in [0.5, 0.6) is 0 Å². The van der Waals surface area contributed by atoms with E-state index in [-0.39, 0.29) is 5.56 Å². The summed E-state index contributed by atoms with van der Waals surface area (Å²) in [5.41, 5.74) is 2.18. The van der Waals surface area contributed by atoms with E-state index < -0.39 is 12.0 Å². The number of carbonyl (C=O) groups is 2. The summed E-state index contributed by atoms with van der Waals surface area (Å²) in [7, 11) is 0. The van der Waals surface area contributed by atoms with Crippen LogP contribution in [0.2, 0.25) is 0 Å². The molecule has 0 spiro atoms. The quantitative estimate of drug-likeness (QED) is 0.786. The predicted octanol–water partition coefficient (Wildman–Crippen LogP) is 2.93. The first-order valence-corrected chi connectivity index (χ1v) is 7.18. The Morgan fingerprint density at radius 3 is 2.80 bits per heavy atom. The molecule has 0 aliphatic carbocycles. The van der Waals surface area contributed by atoms with Gasteiger partial charge in [-0.1, -0.05) is 15.9 Å². The fourth-order valence-corrected chi connectivity index (χ4v) is 2.48. The minimum absolute atomic E-state index is 0.0946. The number of carboxylic acid groups (broad SMARTS) is 1. The highest BCUT2D eigenvalue weighted by molar-refractivity contribution is 9.10. The number of aromatic nitrogens is 1. The number of hydrogen-bond acceptors (Lipinski definition) is 4. The molecule has 1 aromatic carbocycles. The van der Waals surface area contributed by atoms with Crippen LogP contribution in [0.1, 0.15) is 15.2 Å². The summed E-state index contributed by atoms with van der Waals surface area (Å²) in [5.74, 6) is -1.06.